The lowest BCUT2D eigenvalue weighted by Gasteiger charge is -2.35. The van der Waals surface area contributed by atoms with Crippen LogP contribution in [0.2, 0.25) is 0 Å². The van der Waals surface area contributed by atoms with Crippen LogP contribution in [0.25, 0.3) is 0 Å². The molecule has 2 heteroatoms. The molecule has 1 heterocycles. The van der Waals surface area contributed by atoms with E-state index in [9.17, 15) is 0 Å². The van der Waals surface area contributed by atoms with Crippen molar-refractivity contribution in [2.45, 2.75) is 51.6 Å². The second kappa shape index (κ2) is 6.24. The number of nitrogens with one attached hydrogen (secondary N) is 1. The zero-order valence-corrected chi connectivity index (χ0v) is 11.9. The van der Waals surface area contributed by atoms with E-state index in [-0.39, 0.29) is 0 Å². The molecule has 0 spiro atoms. The molecule has 0 aliphatic carbocycles. The van der Waals surface area contributed by atoms with Gasteiger partial charge in [0.15, 0.2) is 0 Å². The third-order valence-corrected chi connectivity index (χ3v) is 4.19. The fraction of sp³-hybridized carbons (Fsp3) is 0.625. The molecule has 1 N–H and O–H groups in total. The first-order valence-corrected chi connectivity index (χ1v) is 7.30. The molecule has 1 aliphatic rings. The quantitative estimate of drug-likeness (QED) is 0.870. The van der Waals surface area contributed by atoms with E-state index < -0.39 is 0 Å². The highest BCUT2D eigenvalue weighted by Crippen LogP contribution is 2.26. The van der Waals surface area contributed by atoms with Gasteiger partial charge in [0, 0.05) is 24.3 Å². The molecular weight excluding hydrogens is 220 g/mol. The third-order valence-electron chi connectivity index (χ3n) is 4.19. The maximum atomic E-state index is 3.36. The van der Waals surface area contributed by atoms with Gasteiger partial charge in [0.05, 0.1) is 0 Å². The van der Waals surface area contributed by atoms with Crippen LogP contribution in [0.15, 0.2) is 24.3 Å². The lowest BCUT2D eigenvalue weighted by Crippen LogP contribution is -2.37. The van der Waals surface area contributed by atoms with Gasteiger partial charge in [-0.05, 0) is 57.4 Å². The first-order valence-electron chi connectivity index (χ1n) is 7.30. The van der Waals surface area contributed by atoms with Gasteiger partial charge in [-0.3, -0.25) is 0 Å². The first-order chi connectivity index (χ1) is 8.76. The van der Waals surface area contributed by atoms with Crippen LogP contribution in [0.1, 0.15) is 51.1 Å². The standard InChI is InChI=1S/C16H26N2/c1-4-16(17-3)14-8-10-15(11-9-14)18-12-6-5-7-13(18)2/h8-11,13,16-17H,4-7,12H2,1-3H3. The maximum absolute atomic E-state index is 3.36. The molecule has 0 saturated carbocycles. The molecule has 0 bridgehead atoms. The number of piperidine rings is 1. The van der Waals surface area contributed by atoms with E-state index in [1.165, 1.54) is 37.1 Å². The Morgan fingerprint density at radius 2 is 2.00 bits per heavy atom. The fourth-order valence-corrected chi connectivity index (χ4v) is 2.99. The second-order valence-electron chi connectivity index (χ2n) is 5.38. The summed E-state index contributed by atoms with van der Waals surface area (Å²) in [7, 11) is 2.04. The Hall–Kier alpha value is -1.02. The molecule has 2 rings (SSSR count). The summed E-state index contributed by atoms with van der Waals surface area (Å²) in [6, 6.07) is 10.3. The number of benzene rings is 1. The fourth-order valence-electron chi connectivity index (χ4n) is 2.99. The molecule has 1 saturated heterocycles. The van der Waals surface area contributed by atoms with E-state index in [1.807, 2.05) is 7.05 Å². The Balaban J connectivity index is 2.11. The number of rotatable bonds is 4. The monoisotopic (exact) mass is 246 g/mol. The van der Waals surface area contributed by atoms with Gasteiger partial charge in [-0.25, -0.2) is 0 Å². The normalized spacial score (nSPS) is 21.9. The Kier molecular flexibility index (Phi) is 4.65. The molecule has 1 aliphatic heterocycles. The van der Waals surface area contributed by atoms with E-state index in [1.54, 1.807) is 0 Å². The molecule has 100 valence electrons. The molecule has 1 aromatic rings. The molecule has 18 heavy (non-hydrogen) atoms. The first kappa shape index (κ1) is 13.4. The number of hydrogen-bond acceptors (Lipinski definition) is 2. The molecular formula is C16H26N2. The molecule has 1 aromatic carbocycles. The average Bonchev–Trinajstić information content (AvgIpc) is 2.42. The van der Waals surface area contributed by atoms with E-state index in [4.69, 9.17) is 0 Å². The zero-order valence-electron chi connectivity index (χ0n) is 11.9. The van der Waals surface area contributed by atoms with Crippen LogP contribution in [-0.2, 0) is 0 Å². The van der Waals surface area contributed by atoms with E-state index in [2.05, 4.69) is 48.3 Å². The van der Waals surface area contributed by atoms with Gasteiger partial charge in [0.1, 0.15) is 0 Å². The summed E-state index contributed by atoms with van der Waals surface area (Å²) in [5, 5.41) is 3.36. The van der Waals surface area contributed by atoms with Crippen molar-refractivity contribution >= 4 is 5.69 Å². The summed E-state index contributed by atoms with van der Waals surface area (Å²) in [6.07, 6.45) is 5.18. The van der Waals surface area contributed by atoms with Crippen LogP contribution in [0.3, 0.4) is 0 Å². The van der Waals surface area contributed by atoms with Gasteiger partial charge in [-0.15, -0.1) is 0 Å². The molecule has 0 aromatic heterocycles. The summed E-state index contributed by atoms with van der Waals surface area (Å²) >= 11 is 0. The molecule has 0 radical (unpaired) electrons. The van der Waals surface area contributed by atoms with Crippen molar-refractivity contribution in [3.8, 4) is 0 Å². The smallest absolute Gasteiger partial charge is 0.0368 e. The van der Waals surface area contributed by atoms with Gasteiger partial charge in [-0.2, -0.15) is 0 Å². The van der Waals surface area contributed by atoms with Crippen LogP contribution in [0, 0.1) is 0 Å². The molecule has 2 nitrogen and oxygen atoms in total. The lowest BCUT2D eigenvalue weighted by molar-refractivity contribution is 0.484. The lowest BCUT2D eigenvalue weighted by atomic mass is 10.0. The van der Waals surface area contributed by atoms with Crippen LogP contribution in [0.5, 0.6) is 0 Å². The topological polar surface area (TPSA) is 15.3 Å². The third kappa shape index (κ3) is 2.86. The van der Waals surface area contributed by atoms with Crippen molar-refractivity contribution in [3.63, 3.8) is 0 Å². The minimum atomic E-state index is 0.484. The highest BCUT2D eigenvalue weighted by atomic mass is 15.2. The maximum Gasteiger partial charge on any atom is 0.0368 e. The Labute approximate surface area is 111 Å². The summed E-state index contributed by atoms with van der Waals surface area (Å²) in [4.78, 5) is 2.55. The minimum Gasteiger partial charge on any atom is -0.369 e. The van der Waals surface area contributed by atoms with Crippen molar-refractivity contribution in [2.24, 2.45) is 0 Å². The molecule has 0 amide bonds. The molecule has 2 unspecified atom stereocenters. The van der Waals surface area contributed by atoms with Gasteiger partial charge in [0.2, 0.25) is 0 Å². The van der Waals surface area contributed by atoms with Crippen molar-refractivity contribution in [1.29, 1.82) is 0 Å². The van der Waals surface area contributed by atoms with Crippen LogP contribution >= 0.6 is 0 Å². The SMILES string of the molecule is CCC(NC)c1ccc(N2CCCCC2C)cc1. The van der Waals surface area contributed by atoms with Crippen molar-refractivity contribution in [1.82, 2.24) is 5.32 Å². The van der Waals surface area contributed by atoms with Gasteiger partial charge in [0.25, 0.3) is 0 Å². The molecule has 1 fully saturated rings. The van der Waals surface area contributed by atoms with Gasteiger partial charge < -0.3 is 10.2 Å². The number of anilines is 1. The summed E-state index contributed by atoms with van der Waals surface area (Å²) in [5.74, 6) is 0. The Morgan fingerprint density at radius 1 is 1.28 bits per heavy atom. The Morgan fingerprint density at radius 3 is 2.56 bits per heavy atom. The number of hydrogen-bond donors (Lipinski definition) is 1. The summed E-state index contributed by atoms with van der Waals surface area (Å²) < 4.78 is 0. The molecule has 2 atom stereocenters. The summed E-state index contributed by atoms with van der Waals surface area (Å²) in [6.45, 7) is 5.78. The number of nitrogens with zero attached hydrogens (tertiary/aromatic N) is 1. The predicted molar refractivity (Wildman–Crippen MR) is 79.2 cm³/mol. The van der Waals surface area contributed by atoms with Crippen molar-refractivity contribution < 1.29 is 0 Å². The second-order valence-corrected chi connectivity index (χ2v) is 5.38. The van der Waals surface area contributed by atoms with E-state index in [0.717, 1.165) is 6.42 Å². The van der Waals surface area contributed by atoms with E-state index in [0.29, 0.717) is 12.1 Å². The van der Waals surface area contributed by atoms with Crippen LogP contribution in [0.4, 0.5) is 5.69 Å². The average molecular weight is 246 g/mol. The Bertz CT molecular complexity index is 354. The largest absolute Gasteiger partial charge is 0.369 e. The van der Waals surface area contributed by atoms with Gasteiger partial charge in [-0.1, -0.05) is 19.1 Å². The minimum absolute atomic E-state index is 0.484. The zero-order chi connectivity index (χ0) is 13.0. The highest BCUT2D eigenvalue weighted by molar-refractivity contribution is 5.49. The van der Waals surface area contributed by atoms with Crippen LogP contribution < -0.4 is 10.2 Å². The van der Waals surface area contributed by atoms with Crippen LogP contribution in [-0.4, -0.2) is 19.6 Å². The van der Waals surface area contributed by atoms with Gasteiger partial charge >= 0.3 is 0 Å². The van der Waals surface area contributed by atoms with Crippen molar-refractivity contribution in [2.75, 3.05) is 18.5 Å². The van der Waals surface area contributed by atoms with E-state index >= 15 is 0 Å². The summed E-state index contributed by atoms with van der Waals surface area (Å²) in [5.41, 5.74) is 2.78. The predicted octanol–water partition coefficient (Wildman–Crippen LogP) is 3.74. The van der Waals surface area contributed by atoms with Crippen molar-refractivity contribution in [3.05, 3.63) is 29.8 Å². The highest BCUT2D eigenvalue weighted by Gasteiger charge is 2.18.